The van der Waals surface area contributed by atoms with Gasteiger partial charge in [-0.2, -0.15) is 0 Å². The van der Waals surface area contributed by atoms with Gasteiger partial charge >= 0.3 is 0 Å². The van der Waals surface area contributed by atoms with Crippen LogP contribution in [0, 0.1) is 11.8 Å². The Morgan fingerprint density at radius 3 is 2.94 bits per heavy atom. The summed E-state index contributed by atoms with van der Waals surface area (Å²) in [5, 5.41) is 2.92. The number of amides is 2. The van der Waals surface area contributed by atoms with Crippen LogP contribution in [0.15, 0.2) is 54.9 Å². The maximum absolute atomic E-state index is 13.3. The van der Waals surface area contributed by atoms with Crippen LogP contribution in [-0.2, 0) is 20.9 Å². The summed E-state index contributed by atoms with van der Waals surface area (Å²) in [7, 11) is 3.09. The number of aromatic nitrogens is 1. The van der Waals surface area contributed by atoms with E-state index in [1.165, 1.54) is 7.11 Å². The number of anilines is 1. The Labute approximate surface area is 179 Å². The molecule has 0 aliphatic carbocycles. The predicted octanol–water partition coefficient (Wildman–Crippen LogP) is 2.02. The molecule has 8 heteroatoms. The molecule has 3 aliphatic rings. The molecule has 0 radical (unpaired) electrons. The van der Waals surface area contributed by atoms with Gasteiger partial charge in [0.25, 0.3) is 0 Å². The summed E-state index contributed by atoms with van der Waals surface area (Å²) in [6.45, 7) is 0.863. The second-order valence-electron chi connectivity index (χ2n) is 8.01. The Morgan fingerprint density at radius 1 is 1.32 bits per heavy atom. The van der Waals surface area contributed by atoms with Crippen molar-refractivity contribution in [2.75, 3.05) is 26.1 Å². The molecular weight excluding hydrogens is 398 g/mol. The number of hydrogen-bond acceptors (Lipinski definition) is 6. The summed E-state index contributed by atoms with van der Waals surface area (Å²) in [6.07, 6.45) is 6.87. The van der Waals surface area contributed by atoms with E-state index < -0.39 is 23.5 Å². The fourth-order valence-corrected chi connectivity index (χ4v) is 4.84. The quantitative estimate of drug-likeness (QED) is 0.718. The molecule has 5 rings (SSSR count). The molecule has 1 spiro atoms. The van der Waals surface area contributed by atoms with Crippen molar-refractivity contribution in [1.29, 1.82) is 0 Å². The normalized spacial score (nSPS) is 28.0. The van der Waals surface area contributed by atoms with Crippen molar-refractivity contribution in [2.45, 2.75) is 18.2 Å². The van der Waals surface area contributed by atoms with Crippen LogP contribution in [-0.4, -0.2) is 54.2 Å². The van der Waals surface area contributed by atoms with Crippen LogP contribution in [0.4, 0.5) is 5.69 Å². The highest BCUT2D eigenvalue weighted by molar-refractivity contribution is 6.00. The first-order chi connectivity index (χ1) is 15.0. The molecule has 3 aliphatic heterocycles. The van der Waals surface area contributed by atoms with E-state index in [4.69, 9.17) is 14.2 Å². The van der Waals surface area contributed by atoms with Crippen LogP contribution in [0.2, 0.25) is 0 Å². The maximum Gasteiger partial charge on any atom is 0.231 e. The number of fused-ring (bicyclic) bond motifs is 1. The summed E-state index contributed by atoms with van der Waals surface area (Å²) in [5.74, 6) is -0.388. The number of nitrogens with one attached hydrogen (secondary N) is 1. The molecule has 0 saturated carbocycles. The standard InChI is InChI=1S/C23H23N3O5/c1-29-15-5-6-16(18(10-15)30-2)25-21(27)19-17-7-8-23(31-17)13-26(22(28)20(19)23)12-14-4-3-9-24-11-14/h3-11,17,19-20H,12-13H2,1-2H3,(H,25,27)/t17-,19+,20-,23?/m1/s1. The van der Waals surface area contributed by atoms with E-state index in [0.29, 0.717) is 30.3 Å². The SMILES string of the molecule is COc1ccc(NC(=O)[C@H]2[C@H]3C=CC4(CN(Cc5cccnc5)C(=O)[C@@H]24)O3)c(OC)c1. The first kappa shape index (κ1) is 19.6. The van der Waals surface area contributed by atoms with Crippen LogP contribution >= 0.6 is 0 Å². The number of carbonyl (C=O) groups is 2. The molecule has 160 valence electrons. The zero-order chi connectivity index (χ0) is 21.6. The Kier molecular flexibility index (Phi) is 4.66. The van der Waals surface area contributed by atoms with Gasteiger partial charge in [-0.25, -0.2) is 0 Å². The monoisotopic (exact) mass is 421 g/mol. The summed E-state index contributed by atoms with van der Waals surface area (Å²) >= 11 is 0. The molecule has 1 aromatic heterocycles. The van der Waals surface area contributed by atoms with Crippen molar-refractivity contribution in [1.82, 2.24) is 9.88 Å². The molecule has 1 N–H and O–H groups in total. The minimum absolute atomic E-state index is 0.0717. The lowest BCUT2D eigenvalue weighted by molar-refractivity contribution is -0.136. The number of ether oxygens (including phenoxy) is 3. The molecule has 4 atom stereocenters. The van der Waals surface area contributed by atoms with Crippen LogP contribution in [0.1, 0.15) is 5.56 Å². The fraction of sp³-hybridized carbons (Fsp3) is 0.348. The van der Waals surface area contributed by atoms with Gasteiger partial charge in [0.05, 0.1) is 44.4 Å². The molecular formula is C23H23N3O5. The van der Waals surface area contributed by atoms with Gasteiger partial charge in [0.1, 0.15) is 17.1 Å². The van der Waals surface area contributed by atoms with Gasteiger partial charge in [0, 0.05) is 25.0 Å². The van der Waals surface area contributed by atoms with Crippen LogP contribution in [0.5, 0.6) is 11.5 Å². The van der Waals surface area contributed by atoms with Gasteiger partial charge in [-0.1, -0.05) is 18.2 Å². The Morgan fingerprint density at radius 2 is 2.19 bits per heavy atom. The number of pyridine rings is 1. The maximum atomic E-state index is 13.3. The van der Waals surface area contributed by atoms with E-state index in [-0.39, 0.29) is 11.8 Å². The highest BCUT2D eigenvalue weighted by atomic mass is 16.5. The zero-order valence-electron chi connectivity index (χ0n) is 17.3. The summed E-state index contributed by atoms with van der Waals surface area (Å²) in [6, 6.07) is 8.94. The number of hydrogen-bond donors (Lipinski definition) is 1. The zero-order valence-corrected chi connectivity index (χ0v) is 17.3. The lowest BCUT2D eigenvalue weighted by Crippen LogP contribution is -2.41. The summed E-state index contributed by atoms with van der Waals surface area (Å²) in [4.78, 5) is 32.5. The highest BCUT2D eigenvalue weighted by Gasteiger charge is 2.66. The van der Waals surface area contributed by atoms with Crippen LogP contribution in [0.25, 0.3) is 0 Å². The lowest BCUT2D eigenvalue weighted by Gasteiger charge is -2.24. The largest absolute Gasteiger partial charge is 0.497 e. The number of methoxy groups -OCH3 is 2. The summed E-state index contributed by atoms with van der Waals surface area (Å²) in [5.41, 5.74) is 0.706. The van der Waals surface area contributed by atoms with Crippen LogP contribution in [0.3, 0.4) is 0 Å². The Balaban J connectivity index is 1.38. The molecule has 2 fully saturated rings. The Bertz CT molecular complexity index is 1060. The van der Waals surface area contributed by atoms with Crippen molar-refractivity contribution >= 4 is 17.5 Å². The second-order valence-corrected chi connectivity index (χ2v) is 8.01. The van der Waals surface area contributed by atoms with E-state index in [9.17, 15) is 9.59 Å². The molecule has 31 heavy (non-hydrogen) atoms. The van der Waals surface area contributed by atoms with E-state index in [1.807, 2.05) is 24.3 Å². The molecule has 2 amide bonds. The van der Waals surface area contributed by atoms with Crippen molar-refractivity contribution in [3.8, 4) is 11.5 Å². The predicted molar refractivity (Wildman–Crippen MR) is 112 cm³/mol. The molecule has 1 aromatic carbocycles. The smallest absolute Gasteiger partial charge is 0.231 e. The number of benzene rings is 1. The van der Waals surface area contributed by atoms with Crippen molar-refractivity contribution in [2.24, 2.45) is 11.8 Å². The average Bonchev–Trinajstić information content (AvgIpc) is 3.43. The fourth-order valence-electron chi connectivity index (χ4n) is 4.84. The topological polar surface area (TPSA) is 90.0 Å². The molecule has 2 saturated heterocycles. The third-order valence-corrected chi connectivity index (χ3v) is 6.24. The summed E-state index contributed by atoms with van der Waals surface area (Å²) < 4.78 is 16.8. The first-order valence-corrected chi connectivity index (χ1v) is 10.1. The van der Waals surface area contributed by atoms with Crippen molar-refractivity contribution < 1.29 is 23.8 Å². The van der Waals surface area contributed by atoms with E-state index >= 15 is 0 Å². The number of carbonyl (C=O) groups excluding carboxylic acids is 2. The molecule has 1 unspecified atom stereocenters. The van der Waals surface area contributed by atoms with Gasteiger partial charge in [-0.3, -0.25) is 14.6 Å². The van der Waals surface area contributed by atoms with E-state index in [1.54, 1.807) is 42.6 Å². The molecule has 2 aromatic rings. The third kappa shape index (κ3) is 3.14. The number of rotatable bonds is 6. The van der Waals surface area contributed by atoms with Crippen molar-refractivity contribution in [3.05, 3.63) is 60.4 Å². The van der Waals surface area contributed by atoms with Gasteiger partial charge in [-0.05, 0) is 23.8 Å². The first-order valence-electron chi connectivity index (χ1n) is 10.1. The number of nitrogens with zero attached hydrogens (tertiary/aromatic N) is 2. The minimum atomic E-state index is -0.754. The van der Waals surface area contributed by atoms with Gasteiger partial charge in [0.2, 0.25) is 11.8 Å². The highest BCUT2D eigenvalue weighted by Crippen LogP contribution is 2.52. The average molecular weight is 421 g/mol. The van der Waals surface area contributed by atoms with E-state index in [2.05, 4.69) is 10.3 Å². The number of likely N-dealkylation sites (tertiary alicyclic amines) is 1. The third-order valence-electron chi connectivity index (χ3n) is 6.24. The second kappa shape index (κ2) is 7.39. The van der Waals surface area contributed by atoms with Crippen molar-refractivity contribution in [3.63, 3.8) is 0 Å². The van der Waals surface area contributed by atoms with Gasteiger partial charge < -0.3 is 24.4 Å². The van der Waals surface area contributed by atoms with E-state index in [0.717, 1.165) is 5.56 Å². The minimum Gasteiger partial charge on any atom is -0.497 e. The van der Waals surface area contributed by atoms with Crippen LogP contribution < -0.4 is 14.8 Å². The van der Waals surface area contributed by atoms with Gasteiger partial charge in [0.15, 0.2) is 0 Å². The lowest BCUT2D eigenvalue weighted by atomic mass is 9.76. The molecule has 8 nitrogen and oxygen atoms in total. The van der Waals surface area contributed by atoms with Gasteiger partial charge in [-0.15, -0.1) is 0 Å². The Hall–Kier alpha value is -3.39. The molecule has 2 bridgehead atoms. The molecule has 4 heterocycles.